The first-order valence-corrected chi connectivity index (χ1v) is 7.90. The summed E-state index contributed by atoms with van der Waals surface area (Å²) < 4.78 is 71.9. The summed E-state index contributed by atoms with van der Waals surface area (Å²) in [4.78, 5) is 25.7. The molecular formula is C16H7ClF5N3O4. The van der Waals surface area contributed by atoms with Gasteiger partial charge in [-0.15, -0.1) is 0 Å². The topological polar surface area (TPSA) is 87.3 Å². The van der Waals surface area contributed by atoms with Crippen LogP contribution in [-0.2, 0) is 11.6 Å². The highest BCUT2D eigenvalue weighted by molar-refractivity contribution is 6.21. The maximum Gasteiger partial charge on any atom is 0.425 e. The van der Waals surface area contributed by atoms with E-state index < -0.39 is 50.7 Å². The number of carbonyl (C=O) groups is 1. The van der Waals surface area contributed by atoms with Crippen LogP contribution < -0.4 is 4.74 Å². The second kappa shape index (κ2) is 6.95. The molecule has 1 aromatic heterocycles. The zero-order valence-electron chi connectivity index (χ0n) is 13.8. The largest absolute Gasteiger partial charge is 0.425 e. The van der Waals surface area contributed by atoms with Gasteiger partial charge in [0.2, 0.25) is 5.82 Å². The fourth-order valence-electron chi connectivity index (χ4n) is 2.47. The first-order chi connectivity index (χ1) is 13.4. The van der Waals surface area contributed by atoms with E-state index in [0.29, 0.717) is 0 Å². The highest BCUT2D eigenvalue weighted by Crippen LogP contribution is 2.40. The van der Waals surface area contributed by atoms with Crippen LogP contribution in [0.2, 0.25) is 0 Å². The minimum atomic E-state index is -5.07. The molecule has 0 aliphatic carbocycles. The fourth-order valence-corrected chi connectivity index (χ4v) is 2.60. The number of alkyl halides is 6. The van der Waals surface area contributed by atoms with Crippen LogP contribution >= 0.6 is 11.6 Å². The molecule has 0 fully saturated rings. The van der Waals surface area contributed by atoms with Gasteiger partial charge in [0.15, 0.2) is 5.52 Å². The number of imidazole rings is 1. The number of para-hydroxylation sites is 1. The van der Waals surface area contributed by atoms with Gasteiger partial charge >= 0.3 is 17.7 Å². The summed E-state index contributed by atoms with van der Waals surface area (Å²) in [6.45, 7) is 0. The molecule has 0 bridgehead atoms. The Kier molecular flexibility index (Phi) is 4.91. The molecule has 3 aromatic rings. The van der Waals surface area contributed by atoms with Crippen molar-refractivity contribution in [2.75, 3.05) is 0 Å². The Morgan fingerprint density at radius 3 is 2.28 bits per heavy atom. The van der Waals surface area contributed by atoms with Crippen LogP contribution in [0, 0.1) is 10.1 Å². The smallest absolute Gasteiger partial charge is 0.410 e. The van der Waals surface area contributed by atoms with Gasteiger partial charge in [0.25, 0.3) is 5.69 Å². The van der Waals surface area contributed by atoms with Crippen LogP contribution in [0.3, 0.4) is 0 Å². The maximum absolute atomic E-state index is 13.8. The van der Waals surface area contributed by atoms with Gasteiger partial charge in [-0.2, -0.15) is 22.0 Å². The minimum absolute atomic E-state index is 0.0302. The molecule has 2 aromatic carbocycles. The molecule has 0 atom stereocenters. The quantitative estimate of drug-likeness (QED) is 0.241. The molecule has 0 aliphatic heterocycles. The van der Waals surface area contributed by atoms with E-state index in [2.05, 4.69) is 4.98 Å². The average Bonchev–Trinajstić information content (AvgIpc) is 3.00. The Hall–Kier alpha value is -3.28. The molecule has 0 radical (unpaired) electrons. The van der Waals surface area contributed by atoms with E-state index in [1.165, 1.54) is 24.3 Å². The third-order valence-corrected chi connectivity index (χ3v) is 3.82. The lowest BCUT2D eigenvalue weighted by Crippen LogP contribution is -2.23. The summed E-state index contributed by atoms with van der Waals surface area (Å²) in [5, 5.41) is 6.83. The van der Waals surface area contributed by atoms with Crippen molar-refractivity contribution in [1.82, 2.24) is 9.55 Å². The van der Waals surface area contributed by atoms with Crippen molar-refractivity contribution in [3.63, 3.8) is 0 Å². The molecule has 29 heavy (non-hydrogen) atoms. The standard InChI is InChI=1S/C16H7ClF5N3O4/c17-15(18,19)13-23-12-10(6-8(16(20,21)22)7-11(12)25(27)28)24(13)14(26)29-9-4-2-1-3-5-9/h1-7H. The summed E-state index contributed by atoms with van der Waals surface area (Å²) in [6, 6.07) is 7.39. The summed E-state index contributed by atoms with van der Waals surface area (Å²) >= 11 is 4.93. The van der Waals surface area contributed by atoms with E-state index in [0.717, 1.165) is 0 Å². The van der Waals surface area contributed by atoms with E-state index in [9.17, 15) is 36.9 Å². The van der Waals surface area contributed by atoms with Crippen LogP contribution in [0.5, 0.6) is 5.75 Å². The van der Waals surface area contributed by atoms with Crippen molar-refractivity contribution in [2.24, 2.45) is 0 Å². The minimum Gasteiger partial charge on any atom is -0.410 e. The molecule has 13 heteroatoms. The van der Waals surface area contributed by atoms with Gasteiger partial charge in [-0.05, 0) is 29.8 Å². The highest BCUT2D eigenvalue weighted by atomic mass is 35.5. The van der Waals surface area contributed by atoms with Gasteiger partial charge in [-0.1, -0.05) is 18.2 Å². The second-order valence-corrected chi connectivity index (χ2v) is 6.04. The molecular weight excluding hydrogens is 429 g/mol. The van der Waals surface area contributed by atoms with Crippen LogP contribution in [0.15, 0.2) is 42.5 Å². The Morgan fingerprint density at radius 2 is 1.76 bits per heavy atom. The van der Waals surface area contributed by atoms with E-state index in [1.54, 1.807) is 6.07 Å². The van der Waals surface area contributed by atoms with Gasteiger partial charge in [0.05, 0.1) is 16.0 Å². The number of hydrogen-bond acceptors (Lipinski definition) is 5. The number of halogens is 6. The number of aromatic nitrogens is 2. The van der Waals surface area contributed by atoms with E-state index >= 15 is 0 Å². The van der Waals surface area contributed by atoms with Gasteiger partial charge in [0.1, 0.15) is 5.75 Å². The van der Waals surface area contributed by atoms with Crippen LogP contribution in [0.25, 0.3) is 11.0 Å². The van der Waals surface area contributed by atoms with E-state index in [-0.39, 0.29) is 22.4 Å². The zero-order chi connectivity index (χ0) is 21.6. The van der Waals surface area contributed by atoms with Crippen molar-refractivity contribution in [3.8, 4) is 5.75 Å². The number of rotatable bonds is 3. The molecule has 0 aliphatic rings. The maximum atomic E-state index is 13.8. The third-order valence-electron chi connectivity index (χ3n) is 3.65. The lowest BCUT2D eigenvalue weighted by molar-refractivity contribution is -0.383. The van der Waals surface area contributed by atoms with Crippen molar-refractivity contribution < 1.29 is 36.4 Å². The molecule has 0 saturated heterocycles. The SMILES string of the molecule is O=C(Oc1ccccc1)n1c(C(F)(F)Cl)nc2c([N+](=O)[O-])cc(C(F)(F)F)cc21. The lowest BCUT2D eigenvalue weighted by Gasteiger charge is -2.12. The highest BCUT2D eigenvalue weighted by Gasteiger charge is 2.41. The molecule has 0 saturated carbocycles. The predicted octanol–water partition coefficient (Wildman–Crippen LogP) is 5.30. The van der Waals surface area contributed by atoms with Crippen molar-refractivity contribution in [3.05, 3.63) is 64.0 Å². The van der Waals surface area contributed by atoms with Crippen molar-refractivity contribution in [2.45, 2.75) is 11.6 Å². The summed E-state index contributed by atoms with van der Waals surface area (Å²) in [5.41, 5.74) is -4.58. The van der Waals surface area contributed by atoms with Crippen LogP contribution in [0.1, 0.15) is 11.4 Å². The summed E-state index contributed by atoms with van der Waals surface area (Å²) in [7, 11) is 0. The van der Waals surface area contributed by atoms with Crippen LogP contribution in [-0.4, -0.2) is 20.6 Å². The number of non-ortho nitro benzene ring substituents is 1. The van der Waals surface area contributed by atoms with E-state index in [1.807, 2.05) is 0 Å². The number of ether oxygens (including phenoxy) is 1. The first kappa shape index (κ1) is 20.5. The number of carbonyl (C=O) groups excluding carboxylic acids is 1. The molecule has 0 N–H and O–H groups in total. The molecule has 0 spiro atoms. The normalized spacial score (nSPS) is 12.2. The molecule has 1 heterocycles. The molecule has 0 unspecified atom stereocenters. The lowest BCUT2D eigenvalue weighted by atomic mass is 10.1. The number of fused-ring (bicyclic) bond motifs is 1. The summed E-state index contributed by atoms with van der Waals surface area (Å²) in [5.74, 6) is -1.65. The first-order valence-electron chi connectivity index (χ1n) is 7.52. The predicted molar refractivity (Wildman–Crippen MR) is 89.0 cm³/mol. The van der Waals surface area contributed by atoms with Crippen molar-refractivity contribution in [1.29, 1.82) is 0 Å². The molecule has 0 amide bonds. The number of benzene rings is 2. The third kappa shape index (κ3) is 3.97. The monoisotopic (exact) mass is 435 g/mol. The van der Waals surface area contributed by atoms with Gasteiger partial charge < -0.3 is 4.74 Å². The number of hydrogen-bond donors (Lipinski definition) is 0. The Bertz CT molecular complexity index is 1110. The van der Waals surface area contributed by atoms with Crippen LogP contribution in [0.4, 0.5) is 32.4 Å². The Balaban J connectivity index is 2.32. The molecule has 152 valence electrons. The average molecular weight is 436 g/mol. The fraction of sp³-hybridized carbons (Fsp3) is 0.125. The van der Waals surface area contributed by atoms with Gasteiger partial charge in [-0.3, -0.25) is 10.1 Å². The number of nitro groups is 1. The number of nitrogens with zero attached hydrogens (tertiary/aromatic N) is 3. The summed E-state index contributed by atoms with van der Waals surface area (Å²) in [6.07, 6.45) is -6.65. The Morgan fingerprint density at radius 1 is 1.14 bits per heavy atom. The van der Waals surface area contributed by atoms with Gasteiger partial charge in [-0.25, -0.2) is 14.3 Å². The second-order valence-electron chi connectivity index (χ2n) is 5.57. The van der Waals surface area contributed by atoms with E-state index in [4.69, 9.17) is 16.3 Å². The van der Waals surface area contributed by atoms with Crippen molar-refractivity contribution >= 4 is 34.4 Å². The molecule has 7 nitrogen and oxygen atoms in total. The van der Waals surface area contributed by atoms with Gasteiger partial charge in [0, 0.05) is 6.07 Å². The molecule has 3 rings (SSSR count). The number of nitro benzene ring substituents is 1. The Labute approximate surface area is 162 Å². The zero-order valence-corrected chi connectivity index (χ0v) is 14.5.